The molecule has 0 fully saturated rings. The molecule has 274 valence electrons. The highest BCUT2D eigenvalue weighted by Crippen LogP contribution is 2.55. The minimum Gasteiger partial charge on any atom is -0.504 e. The number of thiophene rings is 1. The van der Waals surface area contributed by atoms with Crippen LogP contribution in [0.3, 0.4) is 0 Å². The average molecular weight is 752 g/mol. The topological polar surface area (TPSA) is 104 Å². The Morgan fingerprint density at radius 3 is 1.45 bits per heavy atom. The molecule has 1 aromatic heterocycles. The maximum Gasteiger partial charge on any atom is 0.208 e. The molecule has 0 saturated heterocycles. The second kappa shape index (κ2) is 14.9. The van der Waals surface area contributed by atoms with E-state index in [1.165, 1.54) is 26.1 Å². The lowest BCUT2D eigenvalue weighted by molar-refractivity contribution is 0.330. The Hall–Kier alpha value is -7.22. The minimum absolute atomic E-state index is 0.203. The van der Waals surface area contributed by atoms with Crippen LogP contribution >= 0.6 is 11.3 Å². The number of nitrogens with zero attached hydrogens (tertiary/aromatic N) is 1. The summed E-state index contributed by atoms with van der Waals surface area (Å²) in [4.78, 5) is 3.33. The van der Waals surface area contributed by atoms with Gasteiger partial charge in [-0.3, -0.25) is 0 Å². The van der Waals surface area contributed by atoms with Crippen LogP contribution < -0.4 is 4.90 Å². The molecule has 8 rings (SSSR count). The van der Waals surface area contributed by atoms with Gasteiger partial charge in [-0.1, -0.05) is 128 Å². The molecule has 0 amide bonds. The van der Waals surface area contributed by atoms with Gasteiger partial charge < -0.3 is 30.4 Å². The maximum atomic E-state index is 10.6. The number of phenols is 5. The van der Waals surface area contributed by atoms with Crippen LogP contribution in [0.5, 0.6) is 28.7 Å². The molecule has 1 heterocycles. The number of phenolic OH excluding ortho intramolecular Hbond substituents is 5. The average Bonchev–Trinajstić information content (AvgIpc) is 3.57. The van der Waals surface area contributed by atoms with E-state index in [-0.39, 0.29) is 5.56 Å². The Bertz CT molecular complexity index is 2710. The quantitative estimate of drug-likeness (QED) is 0.0571. The van der Waals surface area contributed by atoms with Crippen LogP contribution in [0.25, 0.3) is 60.7 Å². The van der Waals surface area contributed by atoms with Gasteiger partial charge in [0.05, 0.1) is 5.56 Å². The molecule has 0 aliphatic heterocycles. The number of allylic oxidation sites excluding steroid dienone is 2. The van der Waals surface area contributed by atoms with Gasteiger partial charge in [0.1, 0.15) is 0 Å². The van der Waals surface area contributed by atoms with Crippen molar-refractivity contribution >= 4 is 44.6 Å². The first-order valence-corrected chi connectivity index (χ1v) is 18.8. The predicted octanol–water partition coefficient (Wildman–Crippen LogP) is 13.1. The molecule has 6 nitrogen and oxygen atoms in total. The van der Waals surface area contributed by atoms with Gasteiger partial charge in [0.15, 0.2) is 11.5 Å². The van der Waals surface area contributed by atoms with Gasteiger partial charge in [-0.05, 0) is 99.3 Å². The van der Waals surface area contributed by atoms with Crippen LogP contribution in [0.1, 0.15) is 10.4 Å². The van der Waals surface area contributed by atoms with Crippen LogP contribution in [-0.2, 0) is 0 Å². The lowest BCUT2D eigenvalue weighted by Gasteiger charge is -2.26. The summed E-state index contributed by atoms with van der Waals surface area (Å²) in [6, 6.07) is 48.9. The fourth-order valence-electron chi connectivity index (χ4n) is 7.07. The molecule has 0 aliphatic carbocycles. The van der Waals surface area contributed by atoms with E-state index in [1.54, 1.807) is 29.5 Å². The molecule has 0 spiro atoms. The number of benzene rings is 7. The van der Waals surface area contributed by atoms with E-state index in [0.717, 1.165) is 44.9 Å². The van der Waals surface area contributed by atoms with Crippen molar-refractivity contribution in [2.24, 2.45) is 0 Å². The zero-order chi connectivity index (χ0) is 38.9. The van der Waals surface area contributed by atoms with Crippen molar-refractivity contribution in [1.29, 1.82) is 0 Å². The number of aromatic hydroxyl groups is 5. The Morgan fingerprint density at radius 1 is 0.482 bits per heavy atom. The molecular weight excluding hydrogens is 715 g/mol. The molecule has 7 aromatic carbocycles. The third-order valence-corrected chi connectivity index (χ3v) is 11.4. The summed E-state index contributed by atoms with van der Waals surface area (Å²) < 4.78 is 1.27. The first-order valence-electron chi connectivity index (χ1n) is 18.0. The fraction of sp³-hybridized carbons (Fsp3) is 0.0204. The molecular formula is C49H37NO5S. The van der Waals surface area contributed by atoms with E-state index >= 15 is 0 Å². The van der Waals surface area contributed by atoms with Gasteiger partial charge >= 0.3 is 0 Å². The van der Waals surface area contributed by atoms with Gasteiger partial charge in [0.25, 0.3) is 0 Å². The molecule has 56 heavy (non-hydrogen) atoms. The molecule has 7 heteroatoms. The lowest BCUT2D eigenvalue weighted by Crippen LogP contribution is -2.09. The highest BCUT2D eigenvalue weighted by molar-refractivity contribution is 7.20. The monoisotopic (exact) mass is 751 g/mol. The van der Waals surface area contributed by atoms with Gasteiger partial charge in [0, 0.05) is 26.6 Å². The van der Waals surface area contributed by atoms with Crippen LogP contribution in [0.4, 0.5) is 17.1 Å². The Morgan fingerprint density at radius 2 is 0.929 bits per heavy atom. The molecule has 8 aromatic rings. The highest BCUT2D eigenvalue weighted by Gasteiger charge is 2.24. The van der Waals surface area contributed by atoms with Crippen LogP contribution in [0.15, 0.2) is 164 Å². The van der Waals surface area contributed by atoms with Gasteiger partial charge in [-0.25, -0.2) is 0 Å². The molecule has 0 atom stereocenters. The third-order valence-electron chi connectivity index (χ3n) is 10.1. The standard InChI is InChI=1S/C49H37NO5S/c1-3-4-13-42-30(2)40-11-8-12-41(49(40)56-42)35-16-14-32(15-17-35)34-20-26-38(27-21-34)50(37-24-18-33(19-25-37)31-9-6-5-7-10-31)39-28-22-36(23-29-39)43-44(51)46(53)48(55)47(54)45(43)52/h3-29,51-55H,1H2,2H3/b13-4-. The van der Waals surface area contributed by atoms with Gasteiger partial charge in [-0.2, -0.15) is 0 Å². The van der Waals surface area contributed by atoms with Crippen molar-refractivity contribution in [3.63, 3.8) is 0 Å². The Kier molecular flexibility index (Phi) is 9.52. The van der Waals surface area contributed by atoms with E-state index in [2.05, 4.69) is 128 Å². The fourth-order valence-corrected chi connectivity index (χ4v) is 8.32. The highest BCUT2D eigenvalue weighted by atomic mass is 32.1. The van der Waals surface area contributed by atoms with E-state index < -0.39 is 28.7 Å². The predicted molar refractivity (Wildman–Crippen MR) is 231 cm³/mol. The summed E-state index contributed by atoms with van der Waals surface area (Å²) in [7, 11) is 0. The zero-order valence-corrected chi connectivity index (χ0v) is 31.2. The SMILES string of the molecule is C=C/C=C\c1sc2c(-c3ccc(-c4ccc(N(c5ccc(-c6ccccc6)cc5)c5ccc(-c6c(O)c(O)c(O)c(O)c6O)cc5)cc4)cc3)cccc2c1C. The van der Waals surface area contributed by atoms with Crippen LogP contribution in [0.2, 0.25) is 0 Å². The van der Waals surface area contributed by atoms with E-state index in [1.807, 2.05) is 36.4 Å². The van der Waals surface area contributed by atoms with E-state index in [0.29, 0.717) is 5.56 Å². The summed E-state index contributed by atoms with van der Waals surface area (Å²) >= 11 is 1.80. The maximum absolute atomic E-state index is 10.6. The Labute approximate surface area is 328 Å². The number of aryl methyl sites for hydroxylation is 1. The summed E-state index contributed by atoms with van der Waals surface area (Å²) in [5, 5.41) is 52.6. The molecule has 0 bridgehead atoms. The molecule has 0 radical (unpaired) electrons. The van der Waals surface area contributed by atoms with Gasteiger partial charge in [0.2, 0.25) is 17.2 Å². The zero-order valence-electron chi connectivity index (χ0n) is 30.4. The van der Waals surface area contributed by atoms with Crippen molar-refractivity contribution in [2.75, 3.05) is 4.90 Å². The van der Waals surface area contributed by atoms with E-state index in [4.69, 9.17) is 0 Å². The van der Waals surface area contributed by atoms with Gasteiger partial charge in [-0.15, -0.1) is 11.3 Å². The number of hydrogen-bond donors (Lipinski definition) is 5. The molecule has 5 N–H and O–H groups in total. The van der Waals surface area contributed by atoms with E-state index in [9.17, 15) is 25.5 Å². The van der Waals surface area contributed by atoms with Crippen LogP contribution in [-0.4, -0.2) is 25.5 Å². The van der Waals surface area contributed by atoms with Crippen molar-refractivity contribution in [2.45, 2.75) is 6.92 Å². The Balaban J connectivity index is 1.13. The van der Waals surface area contributed by atoms with Crippen molar-refractivity contribution in [3.05, 3.63) is 175 Å². The normalized spacial score (nSPS) is 11.3. The number of anilines is 3. The summed E-state index contributed by atoms with van der Waals surface area (Å²) in [6.45, 7) is 5.99. The second-order valence-corrected chi connectivity index (χ2v) is 14.5. The van der Waals surface area contributed by atoms with Crippen molar-refractivity contribution < 1.29 is 25.5 Å². The number of fused-ring (bicyclic) bond motifs is 1. The minimum atomic E-state index is -0.998. The first-order chi connectivity index (χ1) is 27.2. The number of rotatable bonds is 9. The van der Waals surface area contributed by atoms with Crippen molar-refractivity contribution in [1.82, 2.24) is 0 Å². The summed E-state index contributed by atoms with van der Waals surface area (Å²) in [6.07, 6.45) is 5.90. The first kappa shape index (κ1) is 35.8. The smallest absolute Gasteiger partial charge is 0.208 e. The molecule has 0 unspecified atom stereocenters. The molecule has 0 saturated carbocycles. The molecule has 0 aliphatic rings. The third kappa shape index (κ3) is 6.50. The summed E-state index contributed by atoms with van der Waals surface area (Å²) in [5.74, 6) is -4.33. The van der Waals surface area contributed by atoms with Crippen LogP contribution in [0, 0.1) is 6.92 Å². The lowest BCUT2D eigenvalue weighted by atomic mass is 9.98. The summed E-state index contributed by atoms with van der Waals surface area (Å²) in [5.41, 5.74) is 10.7. The van der Waals surface area contributed by atoms with Crippen molar-refractivity contribution in [3.8, 4) is 73.3 Å². The largest absolute Gasteiger partial charge is 0.504 e. The second-order valence-electron chi connectivity index (χ2n) is 13.4. The number of hydrogen-bond acceptors (Lipinski definition) is 7.